The molecule has 4 rings (SSSR count). The van der Waals surface area contributed by atoms with Crippen molar-refractivity contribution in [3.63, 3.8) is 0 Å². The Balaban J connectivity index is 1.60. The first-order valence-corrected chi connectivity index (χ1v) is 10.9. The van der Waals surface area contributed by atoms with E-state index in [4.69, 9.17) is 16.0 Å². The van der Waals surface area contributed by atoms with E-state index >= 15 is 0 Å². The van der Waals surface area contributed by atoms with Crippen LogP contribution in [0.2, 0.25) is 5.02 Å². The average Bonchev–Trinajstić information content (AvgIpc) is 2.81. The molecular formula is C26H21ClN2O4. The summed E-state index contributed by atoms with van der Waals surface area (Å²) in [6.45, 7) is 1.92. The minimum absolute atomic E-state index is 0.112. The minimum Gasteiger partial charge on any atom is -0.422 e. The monoisotopic (exact) mass is 460 g/mol. The lowest BCUT2D eigenvalue weighted by Gasteiger charge is -2.11. The summed E-state index contributed by atoms with van der Waals surface area (Å²) >= 11 is 6.25. The molecule has 0 atom stereocenters. The Bertz CT molecular complexity index is 1410. The Labute approximate surface area is 195 Å². The van der Waals surface area contributed by atoms with Crippen LogP contribution >= 0.6 is 11.6 Å². The molecule has 0 radical (unpaired) electrons. The van der Waals surface area contributed by atoms with E-state index in [1.165, 1.54) is 0 Å². The van der Waals surface area contributed by atoms with Gasteiger partial charge in [-0.05, 0) is 54.4 Å². The van der Waals surface area contributed by atoms with Crippen LogP contribution < -0.4 is 16.3 Å². The van der Waals surface area contributed by atoms with Crippen molar-refractivity contribution >= 4 is 45.8 Å². The van der Waals surface area contributed by atoms with E-state index in [-0.39, 0.29) is 5.91 Å². The van der Waals surface area contributed by atoms with E-state index in [2.05, 4.69) is 10.6 Å². The number of carbonyl (C=O) groups excluding carboxylic acids is 2. The molecule has 0 aliphatic carbocycles. The molecule has 0 saturated carbocycles. The Morgan fingerprint density at radius 1 is 0.939 bits per heavy atom. The second kappa shape index (κ2) is 9.71. The Morgan fingerprint density at radius 2 is 1.76 bits per heavy atom. The van der Waals surface area contributed by atoms with Crippen LogP contribution in [-0.2, 0) is 4.79 Å². The van der Waals surface area contributed by atoms with Gasteiger partial charge in [0.2, 0.25) is 5.91 Å². The quantitative estimate of drug-likeness (QED) is 0.340. The molecule has 0 bridgehead atoms. The molecule has 0 aliphatic heterocycles. The third kappa shape index (κ3) is 5.13. The zero-order valence-corrected chi connectivity index (χ0v) is 18.6. The highest BCUT2D eigenvalue weighted by molar-refractivity contribution is 6.34. The summed E-state index contributed by atoms with van der Waals surface area (Å²) in [5.41, 5.74) is 2.19. The van der Waals surface area contributed by atoms with Crippen LogP contribution in [0.4, 0.5) is 11.4 Å². The highest BCUT2D eigenvalue weighted by Crippen LogP contribution is 2.27. The van der Waals surface area contributed by atoms with E-state index in [9.17, 15) is 14.4 Å². The van der Waals surface area contributed by atoms with Crippen molar-refractivity contribution in [2.75, 3.05) is 10.6 Å². The molecule has 0 aliphatic rings. The molecule has 4 aromatic rings. The summed E-state index contributed by atoms with van der Waals surface area (Å²) in [5.74, 6) is -0.514. The predicted molar refractivity (Wildman–Crippen MR) is 131 cm³/mol. The van der Waals surface area contributed by atoms with E-state index < -0.39 is 11.5 Å². The van der Waals surface area contributed by atoms with Gasteiger partial charge in [-0.25, -0.2) is 4.79 Å². The Morgan fingerprint density at radius 3 is 2.58 bits per heavy atom. The number of rotatable bonds is 6. The third-order valence-electron chi connectivity index (χ3n) is 5.05. The van der Waals surface area contributed by atoms with Gasteiger partial charge in [-0.1, -0.05) is 48.9 Å². The molecule has 0 fully saturated rings. The molecule has 2 amide bonds. The number of para-hydroxylation sites is 1. The fourth-order valence-corrected chi connectivity index (χ4v) is 3.60. The number of hydrogen-bond acceptors (Lipinski definition) is 4. The van der Waals surface area contributed by atoms with Crippen molar-refractivity contribution in [3.8, 4) is 11.1 Å². The lowest BCUT2D eigenvalue weighted by atomic mass is 10.0. The van der Waals surface area contributed by atoms with Crippen LogP contribution in [0.1, 0.15) is 30.1 Å². The zero-order valence-electron chi connectivity index (χ0n) is 17.9. The van der Waals surface area contributed by atoms with Crippen LogP contribution in [0, 0.1) is 0 Å². The Kier molecular flexibility index (Phi) is 6.56. The number of halogens is 1. The summed E-state index contributed by atoms with van der Waals surface area (Å²) in [5, 5.41) is 6.68. The second-order valence-corrected chi connectivity index (χ2v) is 7.92. The highest BCUT2D eigenvalue weighted by atomic mass is 35.5. The Hall–Kier alpha value is -3.90. The predicted octanol–water partition coefficient (Wildman–Crippen LogP) is 6.10. The number of anilines is 2. The van der Waals surface area contributed by atoms with E-state index in [0.29, 0.717) is 45.1 Å². The smallest absolute Gasteiger partial charge is 0.344 e. The van der Waals surface area contributed by atoms with E-state index in [1.54, 1.807) is 60.7 Å². The van der Waals surface area contributed by atoms with Gasteiger partial charge in [0.05, 0.1) is 16.3 Å². The first-order valence-electron chi connectivity index (χ1n) is 10.5. The lowest BCUT2D eigenvalue weighted by molar-refractivity contribution is -0.116. The van der Waals surface area contributed by atoms with Crippen molar-refractivity contribution in [2.24, 2.45) is 0 Å². The maximum atomic E-state index is 12.9. The fourth-order valence-electron chi connectivity index (χ4n) is 3.44. The van der Waals surface area contributed by atoms with Gasteiger partial charge in [-0.3, -0.25) is 9.59 Å². The summed E-state index contributed by atoms with van der Waals surface area (Å²) < 4.78 is 5.41. The van der Waals surface area contributed by atoms with Gasteiger partial charge >= 0.3 is 5.63 Å². The van der Waals surface area contributed by atoms with Gasteiger partial charge in [-0.2, -0.15) is 0 Å². The maximum Gasteiger partial charge on any atom is 0.344 e. The molecule has 1 heterocycles. The van der Waals surface area contributed by atoms with E-state index in [1.807, 2.05) is 19.1 Å². The molecule has 6 nitrogen and oxygen atoms in total. The van der Waals surface area contributed by atoms with Crippen LogP contribution in [0.25, 0.3) is 22.1 Å². The highest BCUT2D eigenvalue weighted by Gasteiger charge is 2.13. The van der Waals surface area contributed by atoms with Gasteiger partial charge in [0, 0.05) is 23.1 Å². The van der Waals surface area contributed by atoms with E-state index in [0.717, 1.165) is 11.8 Å². The van der Waals surface area contributed by atoms with Crippen molar-refractivity contribution in [1.29, 1.82) is 0 Å². The van der Waals surface area contributed by atoms with Crippen molar-refractivity contribution in [2.45, 2.75) is 19.8 Å². The zero-order chi connectivity index (χ0) is 23.4. The largest absolute Gasteiger partial charge is 0.422 e. The fraction of sp³-hybridized carbons (Fsp3) is 0.115. The van der Waals surface area contributed by atoms with Crippen LogP contribution in [0.5, 0.6) is 0 Å². The normalized spacial score (nSPS) is 10.7. The molecule has 1 aromatic heterocycles. The first kappa shape index (κ1) is 22.3. The topological polar surface area (TPSA) is 88.4 Å². The number of nitrogens with one attached hydrogen (secondary N) is 2. The number of hydrogen-bond donors (Lipinski definition) is 2. The summed E-state index contributed by atoms with van der Waals surface area (Å²) in [6, 6.07) is 20.6. The summed E-state index contributed by atoms with van der Waals surface area (Å²) in [6.07, 6.45) is 1.13. The molecule has 3 aromatic carbocycles. The third-order valence-corrected chi connectivity index (χ3v) is 5.38. The lowest BCUT2D eigenvalue weighted by Crippen LogP contribution is -2.14. The molecule has 0 saturated heterocycles. The molecule has 166 valence electrons. The van der Waals surface area contributed by atoms with Gasteiger partial charge in [0.15, 0.2) is 0 Å². The van der Waals surface area contributed by atoms with Crippen molar-refractivity contribution < 1.29 is 14.0 Å². The summed E-state index contributed by atoms with van der Waals surface area (Å²) in [4.78, 5) is 37.3. The SMILES string of the molecule is CCCC(=O)Nc1ccc(Cl)c(NC(=O)c2cccc(-c3cc4ccccc4oc3=O)c2)c1. The molecule has 7 heteroatoms. The van der Waals surface area contributed by atoms with Crippen LogP contribution in [-0.4, -0.2) is 11.8 Å². The van der Waals surface area contributed by atoms with Crippen molar-refractivity contribution in [3.05, 3.63) is 93.8 Å². The minimum atomic E-state index is -0.482. The number of carbonyl (C=O) groups is 2. The summed E-state index contributed by atoms with van der Waals surface area (Å²) in [7, 11) is 0. The first-order chi connectivity index (χ1) is 15.9. The number of benzene rings is 3. The average molecular weight is 461 g/mol. The molecule has 33 heavy (non-hydrogen) atoms. The standard InChI is InChI=1S/C26H21ClN2O4/c1-2-6-24(30)28-19-11-12-21(27)22(15-19)29-25(31)18-9-5-8-16(13-18)20-14-17-7-3-4-10-23(17)33-26(20)32/h3-5,7-15H,2,6H2,1H3,(H,28,30)(H,29,31). The van der Waals surface area contributed by atoms with Gasteiger partial charge in [0.25, 0.3) is 5.91 Å². The van der Waals surface area contributed by atoms with Crippen molar-refractivity contribution in [1.82, 2.24) is 0 Å². The van der Waals surface area contributed by atoms with Gasteiger partial charge < -0.3 is 15.1 Å². The molecular weight excluding hydrogens is 440 g/mol. The van der Waals surface area contributed by atoms with Crippen LogP contribution in [0.3, 0.4) is 0 Å². The molecule has 2 N–H and O–H groups in total. The van der Waals surface area contributed by atoms with Crippen LogP contribution in [0.15, 0.2) is 82.0 Å². The number of amides is 2. The maximum absolute atomic E-state index is 12.9. The molecule has 0 spiro atoms. The number of fused-ring (bicyclic) bond motifs is 1. The van der Waals surface area contributed by atoms with Gasteiger partial charge in [0.1, 0.15) is 5.58 Å². The molecule has 0 unspecified atom stereocenters. The second-order valence-electron chi connectivity index (χ2n) is 7.51. The van der Waals surface area contributed by atoms with Gasteiger partial charge in [-0.15, -0.1) is 0 Å².